The number of thiophene rings is 1. The summed E-state index contributed by atoms with van der Waals surface area (Å²) < 4.78 is 6.26. The first-order valence-electron chi connectivity index (χ1n) is 10.4. The van der Waals surface area contributed by atoms with E-state index in [1.54, 1.807) is 17.4 Å². The first-order chi connectivity index (χ1) is 14.2. The molecular formula is C23H24N4OS. The number of hydrogen-bond donors (Lipinski definition) is 0. The molecule has 0 bridgehead atoms. The zero-order chi connectivity index (χ0) is 19.8. The number of nitriles is 1. The van der Waals surface area contributed by atoms with Crippen molar-refractivity contribution in [2.24, 2.45) is 5.92 Å². The van der Waals surface area contributed by atoms with Gasteiger partial charge in [0.15, 0.2) is 0 Å². The summed E-state index contributed by atoms with van der Waals surface area (Å²) in [4.78, 5) is 14.7. The second-order valence-corrected chi connectivity index (χ2v) is 9.23. The van der Waals surface area contributed by atoms with Crippen LogP contribution >= 0.6 is 11.3 Å². The number of rotatable bonds is 4. The van der Waals surface area contributed by atoms with Crippen LogP contribution in [0.4, 0.5) is 0 Å². The summed E-state index contributed by atoms with van der Waals surface area (Å²) in [5, 5.41) is 10.5. The molecule has 1 fully saturated rings. The van der Waals surface area contributed by atoms with Crippen LogP contribution in [0.3, 0.4) is 0 Å². The quantitative estimate of drug-likeness (QED) is 0.607. The Labute approximate surface area is 175 Å². The van der Waals surface area contributed by atoms with Crippen LogP contribution in [0.15, 0.2) is 24.3 Å². The second kappa shape index (κ2) is 7.74. The molecule has 5 nitrogen and oxygen atoms in total. The van der Waals surface area contributed by atoms with Crippen LogP contribution < -0.4 is 4.74 Å². The first-order valence-corrected chi connectivity index (χ1v) is 11.2. The highest BCUT2D eigenvalue weighted by Crippen LogP contribution is 2.42. The molecule has 0 unspecified atom stereocenters. The summed E-state index contributed by atoms with van der Waals surface area (Å²) in [7, 11) is 0. The van der Waals surface area contributed by atoms with Crippen molar-refractivity contribution in [3.05, 3.63) is 46.1 Å². The van der Waals surface area contributed by atoms with Crippen molar-refractivity contribution < 1.29 is 4.74 Å². The lowest BCUT2D eigenvalue weighted by Crippen LogP contribution is -2.32. The van der Waals surface area contributed by atoms with Crippen LogP contribution in [0.2, 0.25) is 0 Å². The van der Waals surface area contributed by atoms with Crippen molar-refractivity contribution in [2.45, 2.75) is 45.6 Å². The van der Waals surface area contributed by atoms with Crippen LogP contribution in [0, 0.1) is 17.2 Å². The number of aryl methyl sites for hydroxylation is 2. The number of hydrogen-bond acceptors (Lipinski definition) is 6. The molecule has 2 aromatic heterocycles. The number of para-hydroxylation sites is 1. The summed E-state index contributed by atoms with van der Waals surface area (Å²) >= 11 is 1.78. The summed E-state index contributed by atoms with van der Waals surface area (Å²) in [6, 6.07) is 9.58. The third kappa shape index (κ3) is 3.61. The third-order valence-corrected chi connectivity index (χ3v) is 7.22. The van der Waals surface area contributed by atoms with E-state index in [4.69, 9.17) is 14.7 Å². The first kappa shape index (κ1) is 18.5. The summed E-state index contributed by atoms with van der Waals surface area (Å²) in [5.41, 5.74) is 1.87. The van der Waals surface area contributed by atoms with E-state index in [9.17, 15) is 5.26 Å². The largest absolute Gasteiger partial charge is 0.437 e. The Morgan fingerprint density at radius 3 is 2.86 bits per heavy atom. The lowest BCUT2D eigenvalue weighted by Gasteiger charge is -2.29. The molecule has 0 atom stereocenters. The van der Waals surface area contributed by atoms with E-state index in [1.807, 2.05) is 18.2 Å². The van der Waals surface area contributed by atoms with E-state index in [1.165, 1.54) is 29.7 Å². The number of benzene rings is 1. The van der Waals surface area contributed by atoms with Gasteiger partial charge in [0, 0.05) is 4.88 Å². The average molecular weight is 405 g/mol. The van der Waals surface area contributed by atoms with Gasteiger partial charge in [-0.1, -0.05) is 19.1 Å². The maximum atomic E-state index is 9.45. The molecule has 5 rings (SSSR count). The molecule has 0 amide bonds. The Hall–Kier alpha value is -2.49. The summed E-state index contributed by atoms with van der Waals surface area (Å²) in [6.45, 7) is 5.26. The molecular weight excluding hydrogens is 380 g/mol. The minimum Gasteiger partial charge on any atom is -0.437 e. The number of ether oxygens (including phenoxy) is 1. The molecule has 0 spiro atoms. The second-order valence-electron chi connectivity index (χ2n) is 8.15. The van der Waals surface area contributed by atoms with Crippen LogP contribution in [0.5, 0.6) is 11.6 Å². The van der Waals surface area contributed by atoms with Gasteiger partial charge in [0.25, 0.3) is 0 Å². The van der Waals surface area contributed by atoms with Crippen molar-refractivity contribution in [3.63, 3.8) is 0 Å². The van der Waals surface area contributed by atoms with Crippen molar-refractivity contribution in [2.75, 3.05) is 13.1 Å². The van der Waals surface area contributed by atoms with E-state index < -0.39 is 0 Å². The van der Waals surface area contributed by atoms with Crippen molar-refractivity contribution >= 4 is 21.6 Å². The molecule has 148 valence electrons. The highest BCUT2D eigenvalue weighted by Gasteiger charge is 2.25. The number of aromatic nitrogens is 2. The fraction of sp³-hybridized carbons (Fsp3) is 0.435. The van der Waals surface area contributed by atoms with Gasteiger partial charge < -0.3 is 4.74 Å². The Balaban J connectivity index is 1.54. The van der Waals surface area contributed by atoms with E-state index in [0.717, 1.165) is 54.4 Å². The van der Waals surface area contributed by atoms with Gasteiger partial charge in [0.05, 0.1) is 17.5 Å². The zero-order valence-electron chi connectivity index (χ0n) is 16.6. The predicted octanol–water partition coefficient (Wildman–Crippen LogP) is 5.08. The van der Waals surface area contributed by atoms with Crippen LogP contribution in [0.1, 0.15) is 48.0 Å². The number of piperidine rings is 1. The minimum atomic E-state index is 0.526. The molecule has 1 aromatic carbocycles. The maximum absolute atomic E-state index is 9.45. The standard InChI is InChI=1S/C23H24N4OS/c1-15-9-11-27(12-10-15)14-20-25-22(28-18-7-3-2-5-16(18)13-24)21-17-6-4-8-19(17)29-23(21)26-20/h2-3,5,7,15H,4,6,8-12,14H2,1H3. The lowest BCUT2D eigenvalue weighted by molar-refractivity contribution is 0.181. The molecule has 3 aromatic rings. The van der Waals surface area contributed by atoms with Gasteiger partial charge in [-0.3, -0.25) is 4.90 Å². The van der Waals surface area contributed by atoms with Gasteiger partial charge in [-0.15, -0.1) is 11.3 Å². The number of fused-ring (bicyclic) bond motifs is 3. The molecule has 0 radical (unpaired) electrons. The maximum Gasteiger partial charge on any atom is 0.231 e. The molecule has 3 heterocycles. The fourth-order valence-corrected chi connectivity index (χ4v) is 5.59. The molecule has 1 aliphatic carbocycles. The molecule has 1 saturated heterocycles. The third-order valence-electron chi connectivity index (χ3n) is 6.03. The highest BCUT2D eigenvalue weighted by atomic mass is 32.1. The van der Waals surface area contributed by atoms with Gasteiger partial charge in [0.2, 0.25) is 5.88 Å². The SMILES string of the molecule is CC1CCN(Cc2nc(Oc3ccccc3C#N)c3c4c(sc3n2)CCC4)CC1. The molecule has 29 heavy (non-hydrogen) atoms. The number of nitrogens with zero attached hydrogens (tertiary/aromatic N) is 4. The Morgan fingerprint density at radius 1 is 1.21 bits per heavy atom. The summed E-state index contributed by atoms with van der Waals surface area (Å²) in [6.07, 6.45) is 5.81. The van der Waals surface area contributed by atoms with Gasteiger partial charge in [-0.25, -0.2) is 4.98 Å². The predicted molar refractivity (Wildman–Crippen MR) is 114 cm³/mol. The molecule has 0 saturated carbocycles. The van der Waals surface area contributed by atoms with Crippen LogP contribution in [-0.4, -0.2) is 28.0 Å². The van der Waals surface area contributed by atoms with Gasteiger partial charge in [0.1, 0.15) is 22.5 Å². The van der Waals surface area contributed by atoms with E-state index >= 15 is 0 Å². The van der Waals surface area contributed by atoms with Crippen molar-refractivity contribution in [3.8, 4) is 17.7 Å². The van der Waals surface area contributed by atoms with Crippen molar-refractivity contribution in [1.82, 2.24) is 14.9 Å². The van der Waals surface area contributed by atoms with E-state index in [0.29, 0.717) is 17.2 Å². The summed E-state index contributed by atoms with van der Waals surface area (Å²) in [5.74, 6) is 2.79. The highest BCUT2D eigenvalue weighted by molar-refractivity contribution is 7.19. The normalized spacial score (nSPS) is 17.4. The average Bonchev–Trinajstić information content (AvgIpc) is 3.31. The smallest absolute Gasteiger partial charge is 0.231 e. The van der Waals surface area contributed by atoms with Gasteiger partial charge in [-0.05, 0) is 68.8 Å². The van der Waals surface area contributed by atoms with E-state index in [2.05, 4.69) is 17.9 Å². The minimum absolute atomic E-state index is 0.526. The van der Waals surface area contributed by atoms with Gasteiger partial charge >= 0.3 is 0 Å². The van der Waals surface area contributed by atoms with E-state index in [-0.39, 0.29) is 0 Å². The van der Waals surface area contributed by atoms with Crippen molar-refractivity contribution in [1.29, 1.82) is 5.26 Å². The Kier molecular flexibility index (Phi) is 4.94. The fourth-order valence-electron chi connectivity index (χ4n) is 4.32. The molecule has 1 aliphatic heterocycles. The topological polar surface area (TPSA) is 62.0 Å². The zero-order valence-corrected chi connectivity index (χ0v) is 17.5. The molecule has 6 heteroatoms. The monoisotopic (exact) mass is 404 g/mol. The Bertz CT molecular complexity index is 1090. The molecule has 2 aliphatic rings. The Morgan fingerprint density at radius 2 is 2.03 bits per heavy atom. The van der Waals surface area contributed by atoms with Gasteiger partial charge in [-0.2, -0.15) is 10.2 Å². The van der Waals surface area contributed by atoms with Crippen LogP contribution in [-0.2, 0) is 19.4 Å². The number of likely N-dealkylation sites (tertiary alicyclic amines) is 1. The molecule has 0 N–H and O–H groups in total. The van der Waals surface area contributed by atoms with Crippen LogP contribution in [0.25, 0.3) is 10.2 Å². The lowest BCUT2D eigenvalue weighted by atomic mass is 9.99.